The van der Waals surface area contributed by atoms with Gasteiger partial charge >= 0.3 is 0 Å². The van der Waals surface area contributed by atoms with Gasteiger partial charge in [0.15, 0.2) is 0 Å². The van der Waals surface area contributed by atoms with Crippen LogP contribution in [0.25, 0.3) is 0 Å². The predicted molar refractivity (Wildman–Crippen MR) is 71.4 cm³/mol. The van der Waals surface area contributed by atoms with E-state index in [1.165, 1.54) is 6.42 Å². The van der Waals surface area contributed by atoms with Gasteiger partial charge in [-0.05, 0) is 32.1 Å². The molecular weight excluding hydrogens is 228 g/mol. The first-order valence-corrected chi connectivity index (χ1v) is 7.17. The molecule has 1 heterocycles. The van der Waals surface area contributed by atoms with Crippen molar-refractivity contribution >= 4 is 5.91 Å². The highest BCUT2D eigenvalue weighted by atomic mass is 16.5. The van der Waals surface area contributed by atoms with Crippen molar-refractivity contribution in [2.24, 2.45) is 11.8 Å². The molecule has 1 amide bonds. The van der Waals surface area contributed by atoms with Crippen molar-refractivity contribution in [3.8, 4) is 0 Å². The highest BCUT2D eigenvalue weighted by Crippen LogP contribution is 2.38. The number of hydrogen-bond donors (Lipinski definition) is 0. The second-order valence-electron chi connectivity index (χ2n) is 5.99. The zero-order valence-electron chi connectivity index (χ0n) is 11.9. The summed E-state index contributed by atoms with van der Waals surface area (Å²) in [6, 6.07) is 0.447. The van der Waals surface area contributed by atoms with Gasteiger partial charge in [-0.1, -0.05) is 6.92 Å². The molecule has 4 nitrogen and oxygen atoms in total. The maximum Gasteiger partial charge on any atom is 0.236 e. The summed E-state index contributed by atoms with van der Waals surface area (Å²) in [6.45, 7) is 11.2. The number of rotatable bonds is 5. The van der Waals surface area contributed by atoms with Crippen LogP contribution in [0, 0.1) is 11.8 Å². The first kappa shape index (κ1) is 13.8. The fourth-order valence-corrected chi connectivity index (χ4v) is 2.50. The molecular formula is C14H26N2O2. The predicted octanol–water partition coefficient (Wildman–Crippen LogP) is 1.21. The third kappa shape index (κ3) is 3.69. The molecule has 0 aromatic carbocycles. The quantitative estimate of drug-likeness (QED) is 0.739. The van der Waals surface area contributed by atoms with Crippen LogP contribution in [0.4, 0.5) is 0 Å². The second-order valence-corrected chi connectivity index (χ2v) is 5.99. The van der Waals surface area contributed by atoms with Gasteiger partial charge in [-0.25, -0.2) is 0 Å². The summed E-state index contributed by atoms with van der Waals surface area (Å²) >= 11 is 0. The molecule has 0 aromatic rings. The molecule has 1 saturated carbocycles. The Kier molecular flexibility index (Phi) is 4.62. The minimum Gasteiger partial charge on any atom is -0.378 e. The lowest BCUT2D eigenvalue weighted by Crippen LogP contribution is -2.47. The Morgan fingerprint density at radius 1 is 1.39 bits per heavy atom. The highest BCUT2D eigenvalue weighted by Gasteiger charge is 2.35. The standard InChI is InChI=1S/C14H26N2O2/c1-11(2)16(9-13-8-12(13)3)10-14(17)15-4-6-18-7-5-15/h11-13H,4-10H2,1-3H3/t12-,13+/m0/s1. The third-order valence-electron chi connectivity index (χ3n) is 4.18. The largest absolute Gasteiger partial charge is 0.378 e. The number of carbonyl (C=O) groups is 1. The van der Waals surface area contributed by atoms with Crippen molar-refractivity contribution < 1.29 is 9.53 Å². The number of ether oxygens (including phenoxy) is 1. The first-order chi connectivity index (χ1) is 8.58. The summed E-state index contributed by atoms with van der Waals surface area (Å²) in [5.41, 5.74) is 0. The van der Waals surface area contributed by atoms with Crippen molar-refractivity contribution in [3.05, 3.63) is 0 Å². The van der Waals surface area contributed by atoms with Gasteiger partial charge < -0.3 is 9.64 Å². The summed E-state index contributed by atoms with van der Waals surface area (Å²) in [5.74, 6) is 1.93. The maximum atomic E-state index is 12.2. The molecule has 1 aliphatic heterocycles. The molecule has 2 aliphatic rings. The molecule has 1 aliphatic carbocycles. The van der Waals surface area contributed by atoms with Gasteiger partial charge in [-0.15, -0.1) is 0 Å². The van der Waals surface area contributed by atoms with Gasteiger partial charge in [0, 0.05) is 25.7 Å². The van der Waals surface area contributed by atoms with E-state index in [0.29, 0.717) is 25.8 Å². The lowest BCUT2D eigenvalue weighted by Gasteiger charge is -2.31. The molecule has 18 heavy (non-hydrogen) atoms. The monoisotopic (exact) mass is 254 g/mol. The molecule has 4 heteroatoms. The normalized spacial score (nSPS) is 27.9. The fourth-order valence-electron chi connectivity index (χ4n) is 2.50. The smallest absolute Gasteiger partial charge is 0.236 e. The Morgan fingerprint density at radius 2 is 2.00 bits per heavy atom. The average molecular weight is 254 g/mol. The average Bonchev–Trinajstić information content (AvgIpc) is 3.05. The van der Waals surface area contributed by atoms with E-state index in [2.05, 4.69) is 25.7 Å². The van der Waals surface area contributed by atoms with E-state index in [-0.39, 0.29) is 5.91 Å². The molecule has 0 bridgehead atoms. The molecule has 0 aromatic heterocycles. The Hall–Kier alpha value is -0.610. The van der Waals surface area contributed by atoms with E-state index in [1.807, 2.05) is 4.90 Å². The van der Waals surface area contributed by atoms with Crippen LogP contribution in [0.3, 0.4) is 0 Å². The molecule has 2 fully saturated rings. The number of hydrogen-bond acceptors (Lipinski definition) is 3. The summed E-state index contributed by atoms with van der Waals surface area (Å²) in [5, 5.41) is 0. The topological polar surface area (TPSA) is 32.8 Å². The van der Waals surface area contributed by atoms with Gasteiger partial charge in [0.2, 0.25) is 5.91 Å². The number of carbonyl (C=O) groups excluding carboxylic acids is 1. The lowest BCUT2D eigenvalue weighted by molar-refractivity contribution is -0.137. The van der Waals surface area contributed by atoms with Crippen LogP contribution in [0.15, 0.2) is 0 Å². The van der Waals surface area contributed by atoms with Crippen LogP contribution in [0.1, 0.15) is 27.2 Å². The summed E-state index contributed by atoms with van der Waals surface area (Å²) < 4.78 is 5.28. The molecule has 0 unspecified atom stereocenters. The van der Waals surface area contributed by atoms with Crippen molar-refractivity contribution in [1.82, 2.24) is 9.80 Å². The van der Waals surface area contributed by atoms with Crippen LogP contribution in [0.5, 0.6) is 0 Å². The maximum absolute atomic E-state index is 12.2. The van der Waals surface area contributed by atoms with Crippen LogP contribution in [0.2, 0.25) is 0 Å². The van der Waals surface area contributed by atoms with Gasteiger partial charge in [-0.2, -0.15) is 0 Å². The van der Waals surface area contributed by atoms with Crippen LogP contribution in [-0.2, 0) is 9.53 Å². The van der Waals surface area contributed by atoms with Crippen LogP contribution in [-0.4, -0.2) is 61.1 Å². The minimum atomic E-state index is 0.264. The number of amides is 1. The molecule has 0 spiro atoms. The van der Waals surface area contributed by atoms with Crippen LogP contribution < -0.4 is 0 Å². The zero-order chi connectivity index (χ0) is 13.1. The Balaban J connectivity index is 1.81. The fraction of sp³-hybridized carbons (Fsp3) is 0.929. The minimum absolute atomic E-state index is 0.264. The number of morpholine rings is 1. The molecule has 2 atom stereocenters. The highest BCUT2D eigenvalue weighted by molar-refractivity contribution is 5.78. The van der Waals surface area contributed by atoms with Crippen molar-refractivity contribution in [2.45, 2.75) is 33.2 Å². The molecule has 104 valence electrons. The van der Waals surface area contributed by atoms with E-state index in [4.69, 9.17) is 4.74 Å². The van der Waals surface area contributed by atoms with Crippen molar-refractivity contribution in [1.29, 1.82) is 0 Å². The second kappa shape index (κ2) is 6.02. The number of nitrogens with zero attached hydrogens (tertiary/aromatic N) is 2. The van der Waals surface area contributed by atoms with Crippen molar-refractivity contribution in [2.75, 3.05) is 39.4 Å². The zero-order valence-corrected chi connectivity index (χ0v) is 11.9. The molecule has 1 saturated heterocycles. The van der Waals surface area contributed by atoms with E-state index in [0.717, 1.165) is 31.5 Å². The summed E-state index contributed by atoms with van der Waals surface area (Å²) in [7, 11) is 0. The van der Waals surface area contributed by atoms with E-state index in [1.54, 1.807) is 0 Å². The van der Waals surface area contributed by atoms with Gasteiger partial charge in [0.25, 0.3) is 0 Å². The van der Waals surface area contributed by atoms with E-state index >= 15 is 0 Å². The Labute approximate surface area is 110 Å². The van der Waals surface area contributed by atoms with Crippen LogP contribution >= 0.6 is 0 Å². The first-order valence-electron chi connectivity index (χ1n) is 7.17. The molecule has 2 rings (SSSR count). The Morgan fingerprint density at radius 3 is 2.50 bits per heavy atom. The SMILES string of the molecule is CC(C)N(CC(=O)N1CCOCC1)C[C@H]1C[C@@H]1C. The van der Waals surface area contributed by atoms with E-state index in [9.17, 15) is 4.79 Å². The molecule has 0 radical (unpaired) electrons. The van der Waals surface area contributed by atoms with Gasteiger partial charge in [0.05, 0.1) is 19.8 Å². The molecule has 0 N–H and O–H groups in total. The lowest BCUT2D eigenvalue weighted by atomic mass is 10.2. The van der Waals surface area contributed by atoms with Gasteiger partial charge in [-0.3, -0.25) is 9.69 Å². The summed E-state index contributed by atoms with van der Waals surface area (Å²) in [4.78, 5) is 16.5. The van der Waals surface area contributed by atoms with Crippen molar-refractivity contribution in [3.63, 3.8) is 0 Å². The third-order valence-corrected chi connectivity index (χ3v) is 4.18. The summed E-state index contributed by atoms with van der Waals surface area (Å²) in [6.07, 6.45) is 1.33. The van der Waals surface area contributed by atoms with E-state index < -0.39 is 0 Å². The Bertz CT molecular complexity index is 288. The van der Waals surface area contributed by atoms with Gasteiger partial charge in [0.1, 0.15) is 0 Å².